The average molecular weight is 304 g/mol. The lowest BCUT2D eigenvalue weighted by Gasteiger charge is -2.13. The second-order valence-corrected chi connectivity index (χ2v) is 3.71. The number of nitrogens with two attached hydrogens (primary N) is 1. The van der Waals surface area contributed by atoms with E-state index in [1.54, 1.807) is 0 Å². The lowest BCUT2D eigenvalue weighted by atomic mass is 10.0. The lowest BCUT2D eigenvalue weighted by molar-refractivity contribution is -0.143. The van der Waals surface area contributed by atoms with Gasteiger partial charge in [-0.3, -0.25) is 4.79 Å². The fourth-order valence-corrected chi connectivity index (χ4v) is 1.46. The maximum atomic E-state index is 12.5. The predicted molar refractivity (Wildman–Crippen MR) is 62.6 cm³/mol. The molecule has 0 aliphatic heterocycles. The number of halogens is 5. The Bertz CT molecular complexity index is 438. The molecule has 0 bridgehead atoms. The van der Waals surface area contributed by atoms with Gasteiger partial charge >= 0.3 is 12.1 Å². The molecule has 0 unspecified atom stereocenters. The highest BCUT2D eigenvalue weighted by Gasteiger charge is 2.32. The zero-order valence-corrected chi connectivity index (χ0v) is 10.7. The fourth-order valence-electron chi connectivity index (χ4n) is 1.22. The van der Waals surface area contributed by atoms with Crippen molar-refractivity contribution in [1.82, 2.24) is 0 Å². The first-order chi connectivity index (χ1) is 7.75. The summed E-state index contributed by atoms with van der Waals surface area (Å²) in [6.45, 7) is 0. The summed E-state index contributed by atoms with van der Waals surface area (Å²) in [5, 5.41) is -0.144. The minimum absolute atomic E-state index is 0. The molecular weight excluding hydrogens is 294 g/mol. The predicted octanol–water partition coefficient (Wildman–Crippen LogP) is 2.95. The van der Waals surface area contributed by atoms with E-state index in [-0.39, 0.29) is 23.0 Å². The molecular formula is C10H10Cl2F3NO2. The molecule has 0 amide bonds. The van der Waals surface area contributed by atoms with Gasteiger partial charge in [0, 0.05) is 5.02 Å². The number of carbonyl (C=O) groups is 1. The van der Waals surface area contributed by atoms with Crippen molar-refractivity contribution in [3.8, 4) is 0 Å². The van der Waals surface area contributed by atoms with Crippen LogP contribution in [0.5, 0.6) is 0 Å². The first-order valence-corrected chi connectivity index (χ1v) is 4.84. The molecule has 0 saturated carbocycles. The van der Waals surface area contributed by atoms with Crippen molar-refractivity contribution >= 4 is 30.0 Å². The summed E-state index contributed by atoms with van der Waals surface area (Å²) in [6.07, 6.45) is -4.55. The summed E-state index contributed by atoms with van der Waals surface area (Å²) in [5.41, 5.74) is 4.43. The van der Waals surface area contributed by atoms with E-state index in [4.69, 9.17) is 17.3 Å². The van der Waals surface area contributed by atoms with Gasteiger partial charge in [-0.2, -0.15) is 13.2 Å². The van der Waals surface area contributed by atoms with Crippen LogP contribution in [0.15, 0.2) is 18.2 Å². The molecule has 0 aromatic heterocycles. The van der Waals surface area contributed by atoms with E-state index in [9.17, 15) is 18.0 Å². The molecule has 0 saturated heterocycles. The number of esters is 1. The van der Waals surface area contributed by atoms with E-state index in [0.717, 1.165) is 19.2 Å². The maximum Gasteiger partial charge on any atom is 0.416 e. The topological polar surface area (TPSA) is 52.3 Å². The van der Waals surface area contributed by atoms with Crippen molar-refractivity contribution in [2.24, 2.45) is 5.73 Å². The van der Waals surface area contributed by atoms with E-state index in [2.05, 4.69) is 4.74 Å². The van der Waals surface area contributed by atoms with Gasteiger partial charge < -0.3 is 10.5 Å². The summed E-state index contributed by atoms with van der Waals surface area (Å²) in [6, 6.07) is 1.43. The molecule has 1 aromatic carbocycles. The number of carbonyl (C=O) groups excluding carboxylic acids is 1. The quantitative estimate of drug-likeness (QED) is 0.855. The summed E-state index contributed by atoms with van der Waals surface area (Å²) in [4.78, 5) is 11.1. The highest BCUT2D eigenvalue weighted by Crippen LogP contribution is 2.33. The standard InChI is InChI=1S/C10H9ClF3NO2.ClH/c1-17-9(16)8(15)5-2-6(10(12,13)14)4-7(11)3-5;/h2-4,8H,15H2,1H3;1H/t8-;/m0./s1. The van der Waals surface area contributed by atoms with Crippen molar-refractivity contribution in [2.45, 2.75) is 12.2 Å². The Morgan fingerprint density at radius 3 is 2.39 bits per heavy atom. The summed E-state index contributed by atoms with van der Waals surface area (Å²) in [7, 11) is 1.09. The molecule has 2 N–H and O–H groups in total. The van der Waals surface area contributed by atoms with Gasteiger partial charge in [0.1, 0.15) is 6.04 Å². The van der Waals surface area contributed by atoms with Gasteiger partial charge in [-0.05, 0) is 23.8 Å². The smallest absolute Gasteiger partial charge is 0.416 e. The Hall–Kier alpha value is -0.980. The number of alkyl halides is 3. The highest BCUT2D eigenvalue weighted by molar-refractivity contribution is 6.30. The van der Waals surface area contributed by atoms with Gasteiger partial charge in [0.05, 0.1) is 12.7 Å². The molecule has 3 nitrogen and oxygen atoms in total. The van der Waals surface area contributed by atoms with Crippen LogP contribution in [-0.2, 0) is 15.7 Å². The third kappa shape index (κ3) is 4.04. The Morgan fingerprint density at radius 2 is 1.94 bits per heavy atom. The van der Waals surface area contributed by atoms with Gasteiger partial charge in [-0.25, -0.2) is 0 Å². The van der Waals surface area contributed by atoms with Gasteiger partial charge in [0.25, 0.3) is 0 Å². The average Bonchev–Trinajstić information content (AvgIpc) is 2.25. The van der Waals surface area contributed by atoms with E-state index in [1.807, 2.05) is 0 Å². The third-order valence-corrected chi connectivity index (χ3v) is 2.28. The van der Waals surface area contributed by atoms with Gasteiger partial charge in [0.2, 0.25) is 0 Å². The SMILES string of the molecule is COC(=O)[C@@H](N)c1cc(Cl)cc(C(F)(F)F)c1.Cl. The number of methoxy groups -OCH3 is 1. The van der Waals surface area contributed by atoms with Crippen molar-refractivity contribution in [2.75, 3.05) is 7.11 Å². The van der Waals surface area contributed by atoms with Crippen LogP contribution >= 0.6 is 24.0 Å². The highest BCUT2D eigenvalue weighted by atomic mass is 35.5. The number of hydrogen-bond donors (Lipinski definition) is 1. The Morgan fingerprint density at radius 1 is 1.39 bits per heavy atom. The molecule has 0 aliphatic carbocycles. The summed E-state index contributed by atoms with van der Waals surface area (Å²) in [5.74, 6) is -0.833. The fraction of sp³-hybridized carbons (Fsp3) is 0.300. The van der Waals surface area contributed by atoms with Crippen LogP contribution in [0, 0.1) is 0 Å². The maximum absolute atomic E-state index is 12.5. The number of ether oxygens (including phenoxy) is 1. The molecule has 102 valence electrons. The molecule has 0 spiro atoms. The van der Waals surface area contributed by atoms with E-state index in [0.29, 0.717) is 0 Å². The Kier molecular flexibility index (Phi) is 5.92. The van der Waals surface area contributed by atoms with Crippen LogP contribution in [-0.4, -0.2) is 13.1 Å². The van der Waals surface area contributed by atoms with Gasteiger partial charge in [-0.15, -0.1) is 12.4 Å². The summed E-state index contributed by atoms with van der Waals surface area (Å²) >= 11 is 5.54. The zero-order chi connectivity index (χ0) is 13.2. The molecule has 8 heteroatoms. The molecule has 1 atom stereocenters. The first-order valence-electron chi connectivity index (χ1n) is 4.47. The normalized spacial score (nSPS) is 12.6. The second kappa shape index (κ2) is 6.26. The van der Waals surface area contributed by atoms with Crippen LogP contribution in [0.2, 0.25) is 5.02 Å². The number of hydrogen-bond acceptors (Lipinski definition) is 3. The third-order valence-electron chi connectivity index (χ3n) is 2.06. The van der Waals surface area contributed by atoms with Crippen molar-refractivity contribution in [3.05, 3.63) is 34.3 Å². The molecule has 1 rings (SSSR count). The van der Waals surface area contributed by atoms with Crippen molar-refractivity contribution < 1.29 is 22.7 Å². The zero-order valence-electron chi connectivity index (χ0n) is 9.12. The molecule has 0 fully saturated rings. The summed E-state index contributed by atoms with van der Waals surface area (Å²) < 4.78 is 41.8. The second-order valence-electron chi connectivity index (χ2n) is 3.27. The van der Waals surface area contributed by atoms with E-state index >= 15 is 0 Å². The van der Waals surface area contributed by atoms with Gasteiger partial charge in [-0.1, -0.05) is 11.6 Å². The lowest BCUT2D eigenvalue weighted by Crippen LogP contribution is -2.23. The van der Waals surface area contributed by atoms with Crippen LogP contribution in [0.25, 0.3) is 0 Å². The number of rotatable bonds is 2. The minimum Gasteiger partial charge on any atom is -0.468 e. The van der Waals surface area contributed by atoms with E-state index in [1.165, 1.54) is 6.07 Å². The Labute approximate surface area is 112 Å². The minimum atomic E-state index is -4.55. The monoisotopic (exact) mass is 303 g/mol. The van der Waals surface area contributed by atoms with Crippen LogP contribution in [0.3, 0.4) is 0 Å². The van der Waals surface area contributed by atoms with Crippen molar-refractivity contribution in [1.29, 1.82) is 0 Å². The molecule has 0 aliphatic rings. The first kappa shape index (κ1) is 17.0. The largest absolute Gasteiger partial charge is 0.468 e. The van der Waals surface area contributed by atoms with Crippen LogP contribution in [0.1, 0.15) is 17.2 Å². The van der Waals surface area contributed by atoms with E-state index < -0.39 is 23.8 Å². The number of benzene rings is 1. The van der Waals surface area contributed by atoms with Crippen molar-refractivity contribution in [3.63, 3.8) is 0 Å². The molecule has 0 heterocycles. The molecule has 1 aromatic rings. The molecule has 18 heavy (non-hydrogen) atoms. The molecule has 0 radical (unpaired) electrons. The van der Waals surface area contributed by atoms with Gasteiger partial charge in [0.15, 0.2) is 0 Å². The van der Waals surface area contributed by atoms with Crippen LogP contribution < -0.4 is 5.73 Å². The Balaban J connectivity index is 0.00000289. The van der Waals surface area contributed by atoms with Crippen LogP contribution in [0.4, 0.5) is 13.2 Å².